The zero-order valence-corrected chi connectivity index (χ0v) is 29.7. The molecule has 0 bridgehead atoms. The molecule has 51 heavy (non-hydrogen) atoms. The Morgan fingerprint density at radius 2 is 1.25 bits per heavy atom. The van der Waals surface area contributed by atoms with E-state index >= 15 is 0 Å². The van der Waals surface area contributed by atoms with Gasteiger partial charge in [-0.2, -0.15) is 0 Å². The maximum Gasteiger partial charge on any atom is 0.317 e. The first-order valence-electron chi connectivity index (χ1n) is 17.8. The summed E-state index contributed by atoms with van der Waals surface area (Å²) in [7, 11) is 0. The maximum atomic E-state index is 13.9. The number of amides is 4. The zero-order valence-electron chi connectivity index (χ0n) is 29.7. The second-order valence-electron chi connectivity index (χ2n) is 14.0. The minimum absolute atomic E-state index is 0.0217. The van der Waals surface area contributed by atoms with Crippen molar-refractivity contribution in [2.75, 3.05) is 39.3 Å². The van der Waals surface area contributed by atoms with E-state index in [1.54, 1.807) is 4.90 Å². The first kappa shape index (κ1) is 39.2. The van der Waals surface area contributed by atoms with Crippen LogP contribution in [0.1, 0.15) is 50.7 Å². The molecular formula is C38H53N7O6. The molecule has 276 valence electrons. The molecule has 0 spiro atoms. The van der Waals surface area contributed by atoms with Crippen LogP contribution in [0.2, 0.25) is 0 Å². The van der Waals surface area contributed by atoms with Gasteiger partial charge in [-0.15, -0.1) is 0 Å². The van der Waals surface area contributed by atoms with Crippen LogP contribution in [0, 0.1) is 5.92 Å². The third-order valence-corrected chi connectivity index (χ3v) is 9.22. The molecule has 0 saturated heterocycles. The quantitative estimate of drug-likeness (QED) is 0.0912. The van der Waals surface area contributed by atoms with Crippen LogP contribution in [-0.4, -0.2) is 108 Å². The first-order valence-corrected chi connectivity index (χ1v) is 17.8. The number of rotatable bonds is 19. The molecule has 0 radical (unpaired) electrons. The van der Waals surface area contributed by atoms with E-state index in [4.69, 9.17) is 11.5 Å². The zero-order chi connectivity index (χ0) is 36.9. The topological polar surface area (TPSA) is 200 Å². The van der Waals surface area contributed by atoms with Gasteiger partial charge in [0.1, 0.15) is 18.1 Å². The highest BCUT2D eigenvalue weighted by molar-refractivity contribution is 5.95. The second-order valence-corrected chi connectivity index (χ2v) is 14.0. The number of benzene rings is 2. The molecule has 2 aliphatic rings. The molecule has 4 amide bonds. The summed E-state index contributed by atoms with van der Waals surface area (Å²) in [6, 6.07) is 15.0. The minimum atomic E-state index is -1.01. The van der Waals surface area contributed by atoms with Gasteiger partial charge in [0.25, 0.3) is 0 Å². The van der Waals surface area contributed by atoms with Crippen LogP contribution in [0.3, 0.4) is 0 Å². The molecule has 2 aliphatic heterocycles. The predicted molar refractivity (Wildman–Crippen MR) is 194 cm³/mol. The van der Waals surface area contributed by atoms with Gasteiger partial charge in [-0.05, 0) is 66.8 Å². The van der Waals surface area contributed by atoms with E-state index in [2.05, 4.69) is 16.0 Å². The van der Waals surface area contributed by atoms with E-state index in [0.717, 1.165) is 22.3 Å². The summed E-state index contributed by atoms with van der Waals surface area (Å²) in [5.74, 6) is -2.60. The van der Waals surface area contributed by atoms with E-state index in [9.17, 15) is 29.1 Å². The molecule has 13 heteroatoms. The molecule has 2 heterocycles. The molecule has 13 nitrogen and oxygen atoms in total. The van der Waals surface area contributed by atoms with Gasteiger partial charge in [-0.3, -0.25) is 28.9 Å². The second kappa shape index (κ2) is 19.1. The minimum Gasteiger partial charge on any atom is -0.480 e. The lowest BCUT2D eigenvalue weighted by Gasteiger charge is -2.29. The Labute approximate surface area is 300 Å². The van der Waals surface area contributed by atoms with Crippen molar-refractivity contribution in [3.05, 3.63) is 82.9 Å². The molecule has 4 unspecified atom stereocenters. The fourth-order valence-electron chi connectivity index (χ4n) is 6.64. The van der Waals surface area contributed by atoms with Crippen LogP contribution in [0.15, 0.2) is 71.8 Å². The van der Waals surface area contributed by atoms with E-state index < -0.39 is 47.9 Å². The largest absolute Gasteiger partial charge is 0.480 e. The molecule has 0 aliphatic carbocycles. The number of hydrogen-bond donors (Lipinski definition) is 6. The monoisotopic (exact) mass is 703 g/mol. The van der Waals surface area contributed by atoms with E-state index in [1.807, 2.05) is 79.4 Å². The molecule has 2 aromatic carbocycles. The number of nitrogens with two attached hydrogens (primary N) is 2. The summed E-state index contributed by atoms with van der Waals surface area (Å²) in [5, 5.41) is 17.8. The van der Waals surface area contributed by atoms with Crippen molar-refractivity contribution in [1.82, 2.24) is 25.8 Å². The van der Waals surface area contributed by atoms with Crippen LogP contribution >= 0.6 is 0 Å². The standard InChI is InChI=1S/C38H53N7O6/c1-25(2)17-32(36(49)41-31(15-9-10-16-39)38(51)45-22-28-20-44(24-34(46)47)21-29(28)23-45)43-37(50)33(19-27-13-7-4-8-14-27)42-35(48)30(40)18-26-11-5-3-6-12-26/h3-8,11-14,25,30-33H,9-10,15-24,39-40H2,1-2H3,(H,41,49)(H,42,48)(H,43,50)(H,46,47). The molecule has 0 fully saturated rings. The fraction of sp³-hybridized carbons (Fsp3) is 0.500. The van der Waals surface area contributed by atoms with Gasteiger partial charge >= 0.3 is 5.97 Å². The van der Waals surface area contributed by atoms with E-state index in [-0.39, 0.29) is 24.8 Å². The highest BCUT2D eigenvalue weighted by atomic mass is 16.4. The van der Waals surface area contributed by atoms with Crippen LogP contribution in [0.4, 0.5) is 0 Å². The highest BCUT2D eigenvalue weighted by Gasteiger charge is 2.37. The number of carboxylic acids is 1. The number of nitrogens with one attached hydrogen (secondary N) is 3. The average Bonchev–Trinajstić information content (AvgIpc) is 3.66. The summed E-state index contributed by atoms with van der Waals surface area (Å²) in [6.45, 7) is 6.02. The average molecular weight is 704 g/mol. The molecule has 0 saturated carbocycles. The van der Waals surface area contributed by atoms with Crippen molar-refractivity contribution >= 4 is 29.6 Å². The summed E-state index contributed by atoms with van der Waals surface area (Å²) < 4.78 is 0. The van der Waals surface area contributed by atoms with Gasteiger partial charge in [-0.25, -0.2) is 0 Å². The number of hydrogen-bond acceptors (Lipinski definition) is 8. The molecular weight excluding hydrogens is 650 g/mol. The summed E-state index contributed by atoms with van der Waals surface area (Å²) in [6.07, 6.45) is 2.46. The molecule has 0 aromatic heterocycles. The highest BCUT2D eigenvalue weighted by Crippen LogP contribution is 2.26. The lowest BCUT2D eigenvalue weighted by molar-refractivity contribution is -0.138. The number of carbonyl (C=O) groups is 5. The SMILES string of the molecule is CC(C)CC(NC(=O)C(Cc1ccccc1)NC(=O)C(N)Cc1ccccc1)C(=O)NC(CCCCN)C(=O)N1CC2=C(CN(CC(=O)O)C2)C1. The lowest BCUT2D eigenvalue weighted by Crippen LogP contribution is -2.58. The van der Waals surface area contributed by atoms with Gasteiger partial charge in [-0.1, -0.05) is 74.5 Å². The van der Waals surface area contributed by atoms with E-state index in [0.29, 0.717) is 64.8 Å². The van der Waals surface area contributed by atoms with Crippen molar-refractivity contribution in [2.24, 2.45) is 17.4 Å². The Kier molecular flexibility index (Phi) is 14.7. The Hall–Kier alpha value is -4.59. The van der Waals surface area contributed by atoms with Gasteiger partial charge in [0.05, 0.1) is 12.6 Å². The van der Waals surface area contributed by atoms with Crippen molar-refractivity contribution < 1.29 is 29.1 Å². The maximum absolute atomic E-state index is 13.9. The van der Waals surface area contributed by atoms with Gasteiger partial charge in [0, 0.05) is 32.6 Å². The number of aliphatic carboxylic acids is 1. The number of nitrogens with zero attached hydrogens (tertiary/aromatic N) is 2. The van der Waals surface area contributed by atoms with Gasteiger partial charge in [0.2, 0.25) is 23.6 Å². The van der Waals surface area contributed by atoms with Crippen LogP contribution < -0.4 is 27.4 Å². The lowest BCUT2D eigenvalue weighted by atomic mass is 9.99. The third-order valence-electron chi connectivity index (χ3n) is 9.22. The van der Waals surface area contributed by atoms with Gasteiger partial charge < -0.3 is 37.4 Å². The van der Waals surface area contributed by atoms with Crippen molar-refractivity contribution in [1.29, 1.82) is 0 Å². The molecule has 4 rings (SSSR count). The Morgan fingerprint density at radius 1 is 0.725 bits per heavy atom. The number of carboxylic acid groups (broad SMARTS) is 1. The molecule has 4 atom stereocenters. The first-order chi connectivity index (χ1) is 24.4. The van der Waals surface area contributed by atoms with Crippen LogP contribution in [0.5, 0.6) is 0 Å². The summed E-state index contributed by atoms with van der Waals surface area (Å²) >= 11 is 0. The Morgan fingerprint density at radius 3 is 1.80 bits per heavy atom. The molecule has 8 N–H and O–H groups in total. The number of carbonyl (C=O) groups excluding carboxylic acids is 4. The van der Waals surface area contributed by atoms with E-state index in [1.165, 1.54) is 0 Å². The number of unbranched alkanes of at least 4 members (excludes halogenated alkanes) is 1. The van der Waals surface area contributed by atoms with Gasteiger partial charge in [0.15, 0.2) is 0 Å². The van der Waals surface area contributed by atoms with Crippen LogP contribution in [-0.2, 0) is 36.8 Å². The summed E-state index contributed by atoms with van der Waals surface area (Å²) in [4.78, 5) is 69.7. The van der Waals surface area contributed by atoms with Crippen molar-refractivity contribution in [3.8, 4) is 0 Å². The predicted octanol–water partition coefficient (Wildman–Crippen LogP) is 0.968. The normalized spacial score (nSPS) is 16.7. The molecule has 2 aromatic rings. The fourth-order valence-corrected chi connectivity index (χ4v) is 6.64. The smallest absolute Gasteiger partial charge is 0.317 e. The van der Waals surface area contributed by atoms with Crippen molar-refractivity contribution in [3.63, 3.8) is 0 Å². The Bertz CT molecular complexity index is 1520. The Balaban J connectivity index is 1.45. The van der Waals surface area contributed by atoms with Crippen molar-refractivity contribution in [2.45, 2.75) is 76.5 Å². The summed E-state index contributed by atoms with van der Waals surface area (Å²) in [5.41, 5.74) is 15.8. The van der Waals surface area contributed by atoms with Crippen LogP contribution in [0.25, 0.3) is 0 Å². The third kappa shape index (κ3) is 12.0.